The molecule has 0 spiro atoms. The van der Waals surface area contributed by atoms with E-state index in [0.29, 0.717) is 42.4 Å². The van der Waals surface area contributed by atoms with Crippen molar-refractivity contribution in [1.82, 2.24) is 14.8 Å². The molecule has 2 fully saturated rings. The van der Waals surface area contributed by atoms with Gasteiger partial charge in [0.15, 0.2) is 5.78 Å². The number of carbonyl (C=O) groups is 3. The molecule has 2 aliphatic heterocycles. The van der Waals surface area contributed by atoms with E-state index in [9.17, 15) is 19.5 Å². The first-order valence-electron chi connectivity index (χ1n) is 15.6. The van der Waals surface area contributed by atoms with Gasteiger partial charge in [0.1, 0.15) is 11.5 Å². The number of rotatable bonds is 6. The molecule has 0 bridgehead atoms. The molecule has 1 unspecified atom stereocenters. The zero-order valence-corrected chi connectivity index (χ0v) is 24.9. The van der Waals surface area contributed by atoms with E-state index in [4.69, 9.17) is 9.72 Å². The lowest BCUT2D eigenvalue weighted by Crippen LogP contribution is -2.48. The second-order valence-corrected chi connectivity index (χ2v) is 12.3. The van der Waals surface area contributed by atoms with E-state index in [0.717, 1.165) is 52.6 Å². The number of amides is 1. The number of allylic oxidation sites excluding steroid dienone is 3. The number of likely N-dealkylation sites (tertiary alicyclic amines) is 2. The van der Waals surface area contributed by atoms with Crippen LogP contribution in [0.1, 0.15) is 69.7 Å². The molecule has 1 aromatic heterocycles. The van der Waals surface area contributed by atoms with Crippen LogP contribution < -0.4 is 4.74 Å². The van der Waals surface area contributed by atoms with Crippen molar-refractivity contribution in [2.45, 2.75) is 71.8 Å². The zero-order chi connectivity index (χ0) is 29.5. The molecule has 2 atom stereocenters. The quantitative estimate of drug-likeness (QED) is 0.527. The first-order chi connectivity index (χ1) is 20.3. The molecule has 4 aliphatic rings. The van der Waals surface area contributed by atoms with Gasteiger partial charge in [0.2, 0.25) is 0 Å². The normalized spacial score (nSPS) is 22.2. The molecule has 6 rings (SSSR count). The SMILES string of the molecule is CCc1c2c(nc3ccc(OC(=O)N4CCC(N5CCCCC5)CC4)cc13)C1=CC([C@H](C)C(C)=O)=C(CO)C(=O)C1C2. The van der Waals surface area contributed by atoms with Crippen molar-refractivity contribution in [1.29, 1.82) is 0 Å². The Bertz CT molecular complexity index is 1490. The monoisotopic (exact) mass is 571 g/mol. The Hall–Kier alpha value is -3.36. The van der Waals surface area contributed by atoms with Crippen LogP contribution in [-0.4, -0.2) is 76.4 Å². The maximum absolute atomic E-state index is 13.5. The predicted molar refractivity (Wildman–Crippen MR) is 161 cm³/mol. The van der Waals surface area contributed by atoms with Crippen LogP contribution in [0, 0.1) is 11.8 Å². The van der Waals surface area contributed by atoms with Crippen molar-refractivity contribution in [2.24, 2.45) is 11.8 Å². The van der Waals surface area contributed by atoms with Crippen LogP contribution in [0.3, 0.4) is 0 Å². The fraction of sp³-hybridized carbons (Fsp3) is 0.529. The van der Waals surface area contributed by atoms with E-state index < -0.39 is 11.8 Å². The Kier molecular flexibility index (Phi) is 8.03. The highest BCUT2D eigenvalue weighted by atomic mass is 16.6. The van der Waals surface area contributed by atoms with Crippen molar-refractivity contribution in [3.63, 3.8) is 0 Å². The average molecular weight is 572 g/mol. The van der Waals surface area contributed by atoms with Crippen molar-refractivity contribution in [2.75, 3.05) is 32.8 Å². The number of piperidine rings is 2. The number of nitrogens with zero attached hydrogens (tertiary/aromatic N) is 3. The van der Waals surface area contributed by atoms with Crippen molar-refractivity contribution >= 4 is 34.1 Å². The second kappa shape index (κ2) is 11.7. The van der Waals surface area contributed by atoms with Gasteiger partial charge in [-0.1, -0.05) is 26.3 Å². The number of aromatic nitrogens is 1. The van der Waals surface area contributed by atoms with Gasteiger partial charge < -0.3 is 19.6 Å². The fourth-order valence-electron chi connectivity index (χ4n) is 7.40. The molecular weight excluding hydrogens is 530 g/mol. The summed E-state index contributed by atoms with van der Waals surface area (Å²) in [5.74, 6) is -0.570. The standard InChI is InChI=1S/C34H41N3O5/c1-4-24-26-16-23(42-34(41)37-14-10-22(11-15-37)36-12-6-5-7-13-36)8-9-31(26)35-32-27(24)18-29-28(32)17-25(20(2)21(3)39)30(19-38)33(29)40/h8-9,16-17,20,22,29,38H,4-7,10-15,18-19H2,1-3H3/t20-,29?/m1/s1. The van der Waals surface area contributed by atoms with Crippen molar-refractivity contribution in [3.05, 3.63) is 52.2 Å². The van der Waals surface area contributed by atoms with Gasteiger partial charge in [0.25, 0.3) is 0 Å². The number of benzene rings is 1. The molecule has 8 nitrogen and oxygen atoms in total. The Morgan fingerprint density at radius 3 is 2.52 bits per heavy atom. The molecule has 1 N–H and O–H groups in total. The summed E-state index contributed by atoms with van der Waals surface area (Å²) in [7, 11) is 0. The lowest BCUT2D eigenvalue weighted by molar-refractivity contribution is -0.119. The summed E-state index contributed by atoms with van der Waals surface area (Å²) in [6.07, 6.45) is 8.69. The first kappa shape index (κ1) is 28.7. The number of aryl methyl sites for hydroxylation is 1. The zero-order valence-electron chi connectivity index (χ0n) is 24.9. The van der Waals surface area contributed by atoms with Crippen LogP contribution in [0.2, 0.25) is 0 Å². The minimum absolute atomic E-state index is 0.0496. The molecule has 2 aliphatic carbocycles. The van der Waals surface area contributed by atoms with Gasteiger partial charge in [-0.05, 0) is 99.0 Å². The van der Waals surface area contributed by atoms with Crippen LogP contribution in [0.4, 0.5) is 4.79 Å². The van der Waals surface area contributed by atoms with E-state index in [1.165, 1.54) is 39.3 Å². The second-order valence-electron chi connectivity index (χ2n) is 12.3. The lowest BCUT2D eigenvalue weighted by Gasteiger charge is -2.39. The van der Waals surface area contributed by atoms with Gasteiger partial charge >= 0.3 is 6.09 Å². The highest BCUT2D eigenvalue weighted by molar-refractivity contribution is 6.11. The smallest absolute Gasteiger partial charge is 0.410 e. The summed E-state index contributed by atoms with van der Waals surface area (Å²) in [4.78, 5) is 48.2. The number of carbonyl (C=O) groups excluding carboxylic acids is 3. The maximum atomic E-state index is 13.5. The third-order valence-corrected chi connectivity index (χ3v) is 9.93. The summed E-state index contributed by atoms with van der Waals surface area (Å²) in [5, 5.41) is 11.0. The summed E-state index contributed by atoms with van der Waals surface area (Å²) < 4.78 is 5.88. The molecule has 2 saturated heterocycles. The van der Waals surface area contributed by atoms with Gasteiger partial charge in [0.05, 0.1) is 23.7 Å². The Morgan fingerprint density at radius 2 is 1.86 bits per heavy atom. The molecule has 0 radical (unpaired) electrons. The van der Waals surface area contributed by atoms with Crippen LogP contribution in [0.15, 0.2) is 35.4 Å². The third kappa shape index (κ3) is 5.09. The third-order valence-electron chi connectivity index (χ3n) is 9.93. The highest BCUT2D eigenvalue weighted by Gasteiger charge is 2.41. The minimum Gasteiger partial charge on any atom is -0.410 e. The van der Waals surface area contributed by atoms with E-state index in [1.54, 1.807) is 13.0 Å². The van der Waals surface area contributed by atoms with Crippen molar-refractivity contribution < 1.29 is 24.2 Å². The number of ketones is 2. The average Bonchev–Trinajstić information content (AvgIpc) is 3.38. The van der Waals surface area contributed by atoms with Gasteiger partial charge in [-0.15, -0.1) is 0 Å². The van der Waals surface area contributed by atoms with Gasteiger partial charge in [0, 0.05) is 36.0 Å². The molecule has 1 amide bonds. The molecule has 8 heteroatoms. The predicted octanol–water partition coefficient (Wildman–Crippen LogP) is 4.90. The summed E-state index contributed by atoms with van der Waals surface area (Å²) >= 11 is 0. The van der Waals surface area contributed by atoms with E-state index in [-0.39, 0.29) is 24.3 Å². The number of ether oxygens (including phenoxy) is 1. The van der Waals surface area contributed by atoms with Crippen LogP contribution >= 0.6 is 0 Å². The summed E-state index contributed by atoms with van der Waals surface area (Å²) in [6, 6.07) is 6.14. The maximum Gasteiger partial charge on any atom is 0.415 e. The molecule has 3 heterocycles. The van der Waals surface area contributed by atoms with Gasteiger partial charge in [-0.3, -0.25) is 9.59 Å². The van der Waals surface area contributed by atoms with Gasteiger partial charge in [-0.2, -0.15) is 0 Å². The molecule has 42 heavy (non-hydrogen) atoms. The Labute approximate surface area is 247 Å². The number of aliphatic hydroxyl groups excluding tert-OH is 1. The lowest BCUT2D eigenvalue weighted by atomic mass is 9.79. The number of aliphatic hydroxyl groups is 1. The topological polar surface area (TPSA) is 100 Å². The molecular formula is C34H41N3O5. The minimum atomic E-state index is -0.479. The number of hydrogen-bond acceptors (Lipinski definition) is 7. The van der Waals surface area contributed by atoms with E-state index in [1.807, 2.05) is 23.1 Å². The number of Topliss-reactive ketones (excluding diaryl/α,β-unsaturated/α-hetero) is 2. The summed E-state index contributed by atoms with van der Waals surface area (Å²) in [5.41, 5.74) is 5.43. The van der Waals surface area contributed by atoms with Crippen LogP contribution in [0.5, 0.6) is 5.75 Å². The Morgan fingerprint density at radius 1 is 1.12 bits per heavy atom. The molecule has 222 valence electrons. The van der Waals surface area contributed by atoms with Gasteiger partial charge in [-0.25, -0.2) is 9.78 Å². The van der Waals surface area contributed by atoms with E-state index in [2.05, 4.69) is 11.8 Å². The van der Waals surface area contributed by atoms with E-state index >= 15 is 0 Å². The number of pyridine rings is 1. The number of fused-ring (bicyclic) bond motifs is 4. The Balaban J connectivity index is 1.24. The molecule has 0 saturated carbocycles. The van der Waals surface area contributed by atoms with Crippen LogP contribution in [0.25, 0.3) is 16.5 Å². The fourth-order valence-corrected chi connectivity index (χ4v) is 7.40. The number of hydrogen-bond donors (Lipinski definition) is 1. The van der Waals surface area contributed by atoms with Crippen molar-refractivity contribution in [3.8, 4) is 5.75 Å². The molecule has 1 aromatic carbocycles. The largest absolute Gasteiger partial charge is 0.415 e. The molecule has 2 aromatic rings. The summed E-state index contributed by atoms with van der Waals surface area (Å²) in [6.45, 7) is 8.75. The van der Waals surface area contributed by atoms with Crippen LogP contribution in [-0.2, 0) is 22.4 Å². The highest BCUT2D eigenvalue weighted by Crippen LogP contribution is 2.46. The first-order valence-corrected chi connectivity index (χ1v) is 15.6.